The van der Waals surface area contributed by atoms with Crippen molar-refractivity contribution >= 4 is 21.6 Å². The molecule has 1 aromatic carbocycles. The van der Waals surface area contributed by atoms with E-state index in [1.54, 1.807) is 24.4 Å². The Kier molecular flexibility index (Phi) is 5.18. The summed E-state index contributed by atoms with van der Waals surface area (Å²) in [5, 5.41) is 0. The fourth-order valence-corrected chi connectivity index (χ4v) is 5.91. The zero-order chi connectivity index (χ0) is 19.7. The molecular weight excluding hydrogens is 376 g/mol. The second-order valence-electron chi connectivity index (χ2n) is 7.07. The van der Waals surface area contributed by atoms with Gasteiger partial charge in [0.25, 0.3) is 0 Å². The van der Waals surface area contributed by atoms with Crippen molar-refractivity contribution in [1.82, 2.24) is 14.2 Å². The summed E-state index contributed by atoms with van der Waals surface area (Å²) < 4.78 is 27.8. The number of hydrogen-bond acceptors (Lipinski definition) is 6. The average Bonchev–Trinajstić information content (AvgIpc) is 2.74. The molecule has 1 atom stereocenters. The lowest BCUT2D eigenvalue weighted by molar-refractivity contribution is 0.0722. The third-order valence-electron chi connectivity index (χ3n) is 5.48. The molecule has 0 amide bonds. The molecule has 7 nitrogen and oxygen atoms in total. The summed E-state index contributed by atoms with van der Waals surface area (Å²) in [6, 6.07) is 12.3. The number of anilines is 1. The van der Waals surface area contributed by atoms with Gasteiger partial charge < -0.3 is 4.90 Å². The van der Waals surface area contributed by atoms with E-state index < -0.39 is 10.0 Å². The maximum atomic E-state index is 13.2. The van der Waals surface area contributed by atoms with E-state index in [4.69, 9.17) is 0 Å². The van der Waals surface area contributed by atoms with E-state index in [0.29, 0.717) is 12.0 Å². The third kappa shape index (κ3) is 3.32. The monoisotopic (exact) mass is 400 g/mol. The SMILES string of the molecule is CCC(N1CCN(c2ccccn2)CC1)N1CC(=O)c2ccccc2S1(=O)=O. The fourth-order valence-electron chi connectivity index (χ4n) is 4.06. The Morgan fingerprint density at radius 3 is 2.43 bits per heavy atom. The number of Topliss-reactive ketones (excluding diaryl/α,β-unsaturated/α-hetero) is 1. The van der Waals surface area contributed by atoms with Gasteiger partial charge in [0.1, 0.15) is 5.82 Å². The van der Waals surface area contributed by atoms with Gasteiger partial charge in [0.15, 0.2) is 5.78 Å². The molecule has 0 aliphatic carbocycles. The van der Waals surface area contributed by atoms with Crippen molar-refractivity contribution in [2.24, 2.45) is 0 Å². The lowest BCUT2D eigenvalue weighted by Crippen LogP contribution is -2.59. The van der Waals surface area contributed by atoms with Crippen LogP contribution in [0, 0.1) is 0 Å². The van der Waals surface area contributed by atoms with Crippen molar-refractivity contribution in [2.45, 2.75) is 24.4 Å². The van der Waals surface area contributed by atoms with E-state index >= 15 is 0 Å². The predicted octanol–water partition coefficient (Wildman–Crippen LogP) is 1.83. The molecule has 1 fully saturated rings. The van der Waals surface area contributed by atoms with Gasteiger partial charge in [-0.05, 0) is 30.7 Å². The molecule has 2 aliphatic heterocycles. The van der Waals surface area contributed by atoms with Gasteiger partial charge in [-0.15, -0.1) is 0 Å². The lowest BCUT2D eigenvalue weighted by Gasteiger charge is -2.44. The van der Waals surface area contributed by atoms with Crippen LogP contribution in [0.3, 0.4) is 0 Å². The Hall–Kier alpha value is -2.29. The molecule has 28 heavy (non-hydrogen) atoms. The van der Waals surface area contributed by atoms with Crippen molar-refractivity contribution in [3.8, 4) is 0 Å². The molecule has 0 bridgehead atoms. The summed E-state index contributed by atoms with van der Waals surface area (Å²) in [5.41, 5.74) is 0.300. The highest BCUT2D eigenvalue weighted by molar-refractivity contribution is 7.89. The number of hydrogen-bond donors (Lipinski definition) is 0. The number of fused-ring (bicyclic) bond motifs is 1. The average molecular weight is 401 g/mol. The summed E-state index contributed by atoms with van der Waals surface area (Å²) in [5.74, 6) is 0.792. The number of sulfonamides is 1. The first-order valence-corrected chi connectivity index (χ1v) is 11.0. The molecule has 3 heterocycles. The van der Waals surface area contributed by atoms with Gasteiger partial charge in [-0.1, -0.05) is 25.1 Å². The van der Waals surface area contributed by atoms with E-state index in [1.165, 1.54) is 10.4 Å². The minimum absolute atomic E-state index is 0.0989. The van der Waals surface area contributed by atoms with Crippen LogP contribution in [0.4, 0.5) is 5.82 Å². The van der Waals surface area contributed by atoms with Crippen molar-refractivity contribution in [3.05, 3.63) is 54.2 Å². The van der Waals surface area contributed by atoms with Crippen molar-refractivity contribution in [2.75, 3.05) is 37.6 Å². The maximum absolute atomic E-state index is 13.2. The molecule has 0 N–H and O–H groups in total. The standard InChI is InChI=1S/C20H24N4O3S/c1-2-20(23-13-11-22(12-14-23)19-9-5-6-10-21-19)24-15-17(25)16-7-3-4-8-18(16)28(24,26)27/h3-10,20H,2,11-15H2,1H3. The number of aromatic nitrogens is 1. The molecule has 148 valence electrons. The molecule has 2 aliphatic rings. The van der Waals surface area contributed by atoms with Gasteiger partial charge in [-0.25, -0.2) is 13.4 Å². The van der Waals surface area contributed by atoms with Crippen LogP contribution in [0.15, 0.2) is 53.6 Å². The van der Waals surface area contributed by atoms with Crippen LogP contribution < -0.4 is 4.90 Å². The number of carbonyl (C=O) groups excluding carboxylic acids is 1. The van der Waals surface area contributed by atoms with E-state index in [2.05, 4.69) is 14.8 Å². The molecule has 1 aromatic heterocycles. The molecular formula is C20H24N4O3S. The van der Waals surface area contributed by atoms with E-state index in [-0.39, 0.29) is 23.4 Å². The van der Waals surface area contributed by atoms with Crippen LogP contribution >= 0.6 is 0 Å². The zero-order valence-corrected chi connectivity index (χ0v) is 16.7. The molecule has 8 heteroatoms. The Morgan fingerprint density at radius 1 is 1.04 bits per heavy atom. The molecule has 1 saturated heterocycles. The van der Waals surface area contributed by atoms with Gasteiger partial charge in [0.2, 0.25) is 10.0 Å². The quantitative estimate of drug-likeness (QED) is 0.780. The second-order valence-corrected chi connectivity index (χ2v) is 8.93. The molecule has 2 aromatic rings. The van der Waals surface area contributed by atoms with Crippen LogP contribution in [0.25, 0.3) is 0 Å². The van der Waals surface area contributed by atoms with Crippen molar-refractivity contribution in [1.29, 1.82) is 0 Å². The van der Waals surface area contributed by atoms with Gasteiger partial charge in [-0.2, -0.15) is 4.31 Å². The van der Waals surface area contributed by atoms with Gasteiger partial charge in [0, 0.05) is 37.9 Å². The van der Waals surface area contributed by atoms with E-state index in [9.17, 15) is 13.2 Å². The smallest absolute Gasteiger partial charge is 0.245 e. The van der Waals surface area contributed by atoms with Gasteiger partial charge in [-0.3, -0.25) is 9.69 Å². The first-order chi connectivity index (χ1) is 13.5. The minimum Gasteiger partial charge on any atom is -0.354 e. The Morgan fingerprint density at radius 2 is 1.75 bits per heavy atom. The van der Waals surface area contributed by atoms with Crippen LogP contribution in [0.5, 0.6) is 0 Å². The Labute approximate surface area is 165 Å². The number of piperazine rings is 1. The van der Waals surface area contributed by atoms with Gasteiger partial charge >= 0.3 is 0 Å². The third-order valence-corrected chi connectivity index (χ3v) is 7.38. The second kappa shape index (κ2) is 7.62. The van der Waals surface area contributed by atoms with Crippen LogP contribution in [-0.4, -0.2) is 67.3 Å². The number of nitrogens with zero attached hydrogens (tertiary/aromatic N) is 4. The molecule has 4 rings (SSSR count). The number of rotatable bonds is 4. The highest BCUT2D eigenvalue weighted by Gasteiger charge is 2.41. The van der Waals surface area contributed by atoms with Crippen LogP contribution in [0.1, 0.15) is 23.7 Å². The number of pyridine rings is 1. The molecule has 1 unspecified atom stereocenters. The predicted molar refractivity (Wildman–Crippen MR) is 107 cm³/mol. The van der Waals surface area contributed by atoms with E-state index in [0.717, 1.165) is 32.0 Å². The fraction of sp³-hybridized carbons (Fsp3) is 0.400. The highest BCUT2D eigenvalue weighted by atomic mass is 32.2. The largest absolute Gasteiger partial charge is 0.354 e. The summed E-state index contributed by atoms with van der Waals surface area (Å²) in [6.45, 7) is 4.85. The number of carbonyl (C=O) groups is 1. The number of benzene rings is 1. The molecule has 0 spiro atoms. The lowest BCUT2D eigenvalue weighted by atomic mass is 10.1. The van der Waals surface area contributed by atoms with Gasteiger partial charge in [0.05, 0.1) is 17.6 Å². The van der Waals surface area contributed by atoms with E-state index in [1.807, 2.05) is 25.1 Å². The van der Waals surface area contributed by atoms with Crippen LogP contribution in [-0.2, 0) is 10.0 Å². The zero-order valence-electron chi connectivity index (χ0n) is 15.9. The minimum atomic E-state index is -3.70. The van der Waals surface area contributed by atoms with Crippen molar-refractivity contribution in [3.63, 3.8) is 0 Å². The van der Waals surface area contributed by atoms with Crippen LogP contribution in [0.2, 0.25) is 0 Å². The maximum Gasteiger partial charge on any atom is 0.245 e. The topological polar surface area (TPSA) is 73.8 Å². The van der Waals surface area contributed by atoms with Crippen molar-refractivity contribution < 1.29 is 13.2 Å². The molecule has 0 saturated carbocycles. The first kappa shape index (κ1) is 19.0. The Balaban J connectivity index is 1.54. The normalized spacial score (nSPS) is 21.3. The summed E-state index contributed by atoms with van der Waals surface area (Å²) in [7, 11) is -3.70. The summed E-state index contributed by atoms with van der Waals surface area (Å²) in [4.78, 5) is 21.5. The Bertz CT molecular complexity index is 956. The first-order valence-electron chi connectivity index (χ1n) is 9.56. The number of ketones is 1. The summed E-state index contributed by atoms with van der Waals surface area (Å²) in [6.07, 6.45) is 2.08. The summed E-state index contributed by atoms with van der Waals surface area (Å²) >= 11 is 0. The highest BCUT2D eigenvalue weighted by Crippen LogP contribution is 2.30. The molecule has 0 radical (unpaired) electrons.